The lowest BCUT2D eigenvalue weighted by molar-refractivity contribution is 0.553. The van der Waals surface area contributed by atoms with Crippen molar-refractivity contribution in [1.29, 1.82) is 0 Å². The molecule has 0 spiro atoms. The maximum Gasteiger partial charge on any atom is 0.0352 e. The van der Waals surface area contributed by atoms with E-state index in [-0.39, 0.29) is 5.54 Å². The summed E-state index contributed by atoms with van der Waals surface area (Å²) in [7, 11) is 0. The van der Waals surface area contributed by atoms with Crippen molar-refractivity contribution in [3.8, 4) is 0 Å². The number of benzene rings is 1. The first-order valence-electron chi connectivity index (χ1n) is 4.54. The van der Waals surface area contributed by atoms with Crippen LogP contribution in [0.2, 0.25) is 0 Å². The molecule has 1 aromatic carbocycles. The Bertz CT molecular complexity index is 297. The van der Waals surface area contributed by atoms with Crippen molar-refractivity contribution in [3.63, 3.8) is 0 Å². The molecule has 0 aliphatic carbocycles. The average molecular weight is 178 g/mol. The largest absolute Gasteiger partial charge is 0.326 e. The molecule has 0 atom stereocenters. The van der Waals surface area contributed by atoms with Crippen LogP contribution in [-0.2, 0) is 12.1 Å². The summed E-state index contributed by atoms with van der Waals surface area (Å²) in [6.07, 6.45) is 0. The Morgan fingerprint density at radius 3 is 2.31 bits per heavy atom. The molecule has 0 aromatic heterocycles. The highest BCUT2D eigenvalue weighted by molar-refractivity contribution is 5.33. The van der Waals surface area contributed by atoms with E-state index in [1.165, 1.54) is 11.1 Å². The molecule has 4 N–H and O–H groups in total. The van der Waals surface area contributed by atoms with Crippen molar-refractivity contribution in [2.24, 2.45) is 11.5 Å². The van der Waals surface area contributed by atoms with Crippen LogP contribution in [0.3, 0.4) is 0 Å². The molecule has 0 unspecified atom stereocenters. The summed E-state index contributed by atoms with van der Waals surface area (Å²) in [6.45, 7) is 6.67. The van der Waals surface area contributed by atoms with E-state index < -0.39 is 0 Å². The maximum absolute atomic E-state index is 5.99. The summed E-state index contributed by atoms with van der Waals surface area (Å²) >= 11 is 0. The minimum Gasteiger partial charge on any atom is -0.326 e. The van der Waals surface area contributed by atoms with Gasteiger partial charge in [-0.3, -0.25) is 0 Å². The van der Waals surface area contributed by atoms with Crippen molar-refractivity contribution in [1.82, 2.24) is 0 Å². The molecule has 0 amide bonds. The van der Waals surface area contributed by atoms with E-state index in [0.29, 0.717) is 6.54 Å². The molecular weight excluding hydrogens is 160 g/mol. The van der Waals surface area contributed by atoms with Gasteiger partial charge in [-0.25, -0.2) is 0 Å². The molecule has 1 rings (SSSR count). The van der Waals surface area contributed by atoms with Crippen LogP contribution < -0.4 is 11.5 Å². The van der Waals surface area contributed by atoms with Gasteiger partial charge in [0.1, 0.15) is 0 Å². The normalized spacial score (nSPS) is 11.8. The van der Waals surface area contributed by atoms with Gasteiger partial charge in [0.15, 0.2) is 0 Å². The molecule has 2 heteroatoms. The third-order valence-electron chi connectivity index (χ3n) is 2.31. The van der Waals surface area contributed by atoms with E-state index in [4.69, 9.17) is 11.5 Å². The maximum atomic E-state index is 5.99. The molecule has 0 saturated carbocycles. The molecule has 0 radical (unpaired) electrons. The van der Waals surface area contributed by atoms with E-state index in [1.807, 2.05) is 13.8 Å². The van der Waals surface area contributed by atoms with Gasteiger partial charge in [-0.2, -0.15) is 0 Å². The van der Waals surface area contributed by atoms with Gasteiger partial charge in [-0.15, -0.1) is 0 Å². The smallest absolute Gasteiger partial charge is 0.0352 e. The molecule has 0 aliphatic rings. The van der Waals surface area contributed by atoms with Crippen LogP contribution in [-0.4, -0.2) is 0 Å². The summed E-state index contributed by atoms with van der Waals surface area (Å²) < 4.78 is 0. The SMILES string of the molecule is Cc1cc(C(C)(C)N)ccc1CN. The van der Waals surface area contributed by atoms with Crippen molar-refractivity contribution >= 4 is 0 Å². The van der Waals surface area contributed by atoms with Crippen LogP contribution in [0, 0.1) is 6.92 Å². The number of hydrogen-bond donors (Lipinski definition) is 2. The van der Waals surface area contributed by atoms with Gasteiger partial charge in [0, 0.05) is 12.1 Å². The summed E-state index contributed by atoms with van der Waals surface area (Å²) in [6, 6.07) is 6.22. The lowest BCUT2D eigenvalue weighted by Gasteiger charge is -2.20. The van der Waals surface area contributed by atoms with Crippen molar-refractivity contribution < 1.29 is 0 Å². The van der Waals surface area contributed by atoms with Crippen LogP contribution in [0.15, 0.2) is 18.2 Å². The molecule has 72 valence electrons. The summed E-state index contributed by atoms with van der Waals surface area (Å²) in [4.78, 5) is 0. The third kappa shape index (κ3) is 2.29. The topological polar surface area (TPSA) is 52.0 Å². The highest BCUT2D eigenvalue weighted by Gasteiger charge is 2.14. The second-order valence-electron chi connectivity index (χ2n) is 4.07. The van der Waals surface area contributed by atoms with Crippen LogP contribution in [0.5, 0.6) is 0 Å². The van der Waals surface area contributed by atoms with Crippen LogP contribution in [0.1, 0.15) is 30.5 Å². The van der Waals surface area contributed by atoms with Gasteiger partial charge >= 0.3 is 0 Å². The molecule has 1 aromatic rings. The third-order valence-corrected chi connectivity index (χ3v) is 2.31. The molecular formula is C11H18N2. The highest BCUT2D eigenvalue weighted by atomic mass is 14.7. The predicted octanol–water partition coefficient (Wildman–Crippen LogP) is 1.65. The van der Waals surface area contributed by atoms with E-state index in [1.54, 1.807) is 0 Å². The van der Waals surface area contributed by atoms with Crippen LogP contribution >= 0.6 is 0 Å². The Labute approximate surface area is 79.9 Å². The van der Waals surface area contributed by atoms with Gasteiger partial charge < -0.3 is 11.5 Å². The number of rotatable bonds is 2. The number of nitrogens with two attached hydrogens (primary N) is 2. The van der Waals surface area contributed by atoms with Gasteiger partial charge in [-0.05, 0) is 37.5 Å². The standard InChI is InChI=1S/C11H18N2/c1-8-6-10(11(2,3)13)5-4-9(8)7-12/h4-6H,7,12-13H2,1-3H3. The van der Waals surface area contributed by atoms with Gasteiger partial charge in [0.25, 0.3) is 0 Å². The van der Waals surface area contributed by atoms with Gasteiger partial charge in [-0.1, -0.05) is 18.2 Å². The fraction of sp³-hybridized carbons (Fsp3) is 0.455. The lowest BCUT2D eigenvalue weighted by atomic mass is 9.92. The van der Waals surface area contributed by atoms with Crippen molar-refractivity contribution in [3.05, 3.63) is 34.9 Å². The molecule has 2 nitrogen and oxygen atoms in total. The first-order chi connectivity index (χ1) is 5.95. The minimum absolute atomic E-state index is 0.266. The first-order valence-corrected chi connectivity index (χ1v) is 4.54. The highest BCUT2D eigenvalue weighted by Crippen LogP contribution is 2.19. The number of hydrogen-bond acceptors (Lipinski definition) is 2. The van der Waals surface area contributed by atoms with Crippen molar-refractivity contribution in [2.45, 2.75) is 32.9 Å². The van der Waals surface area contributed by atoms with E-state index >= 15 is 0 Å². The molecule has 13 heavy (non-hydrogen) atoms. The zero-order chi connectivity index (χ0) is 10.1. The molecule has 0 aliphatic heterocycles. The number of aryl methyl sites for hydroxylation is 1. The van der Waals surface area contributed by atoms with Gasteiger partial charge in [0.05, 0.1) is 0 Å². The average Bonchev–Trinajstić information content (AvgIpc) is 2.02. The fourth-order valence-corrected chi connectivity index (χ4v) is 1.33. The Kier molecular flexibility index (Phi) is 2.74. The molecule has 0 heterocycles. The van der Waals surface area contributed by atoms with E-state index in [9.17, 15) is 0 Å². The second kappa shape index (κ2) is 3.48. The van der Waals surface area contributed by atoms with Crippen LogP contribution in [0.25, 0.3) is 0 Å². The van der Waals surface area contributed by atoms with Crippen molar-refractivity contribution in [2.75, 3.05) is 0 Å². The fourth-order valence-electron chi connectivity index (χ4n) is 1.33. The quantitative estimate of drug-likeness (QED) is 0.723. The Morgan fingerprint density at radius 2 is 1.92 bits per heavy atom. The molecule has 0 saturated heterocycles. The summed E-state index contributed by atoms with van der Waals surface area (Å²) in [5, 5.41) is 0. The molecule has 0 bridgehead atoms. The minimum atomic E-state index is -0.266. The first kappa shape index (κ1) is 10.2. The van der Waals surface area contributed by atoms with Gasteiger partial charge in [0.2, 0.25) is 0 Å². The zero-order valence-corrected chi connectivity index (χ0v) is 8.59. The Morgan fingerprint density at radius 1 is 1.31 bits per heavy atom. The Balaban J connectivity index is 3.10. The lowest BCUT2D eigenvalue weighted by Crippen LogP contribution is -2.28. The van der Waals surface area contributed by atoms with E-state index in [2.05, 4.69) is 25.1 Å². The zero-order valence-electron chi connectivity index (χ0n) is 8.59. The van der Waals surface area contributed by atoms with Crippen LogP contribution in [0.4, 0.5) is 0 Å². The Hall–Kier alpha value is -0.860. The second-order valence-corrected chi connectivity index (χ2v) is 4.07. The monoisotopic (exact) mass is 178 g/mol. The van der Waals surface area contributed by atoms with E-state index in [0.717, 1.165) is 5.56 Å². The predicted molar refractivity (Wildman–Crippen MR) is 56.3 cm³/mol. The summed E-state index contributed by atoms with van der Waals surface area (Å²) in [5.74, 6) is 0. The summed E-state index contributed by atoms with van der Waals surface area (Å²) in [5.41, 5.74) is 14.9. The molecule has 0 fully saturated rings.